The molecule has 5 N–H and O–H groups in total. The number of aryl methyl sites for hydroxylation is 2. The van der Waals surface area contributed by atoms with Crippen molar-refractivity contribution in [1.29, 1.82) is 5.41 Å². The Hall–Kier alpha value is -5.50. The number of carbonyl (C=O) groups is 3. The first kappa shape index (κ1) is 24.8. The van der Waals surface area contributed by atoms with Crippen molar-refractivity contribution in [2.75, 3.05) is 0 Å². The topological polar surface area (TPSA) is 156 Å². The second kappa shape index (κ2) is 8.51. The highest BCUT2D eigenvalue weighted by atomic mass is 16.4. The predicted molar refractivity (Wildman–Crippen MR) is 153 cm³/mol. The van der Waals surface area contributed by atoms with Crippen LogP contribution in [0, 0.1) is 19.3 Å². The van der Waals surface area contributed by atoms with Crippen LogP contribution in [0.5, 0.6) is 0 Å². The minimum atomic E-state index is -1.28. The van der Waals surface area contributed by atoms with E-state index >= 15 is 0 Å². The third kappa shape index (κ3) is 3.26. The molecule has 0 aliphatic carbocycles. The fraction of sp³-hybridized carbons (Fsp3) is 0.0625. The quantitative estimate of drug-likeness (QED) is 0.0694. The highest BCUT2D eigenvalue weighted by molar-refractivity contribution is 6.40. The predicted octanol–water partition coefficient (Wildman–Crippen LogP) is 7.00. The van der Waals surface area contributed by atoms with Crippen LogP contribution in [0.25, 0.3) is 54.2 Å². The molecule has 0 unspecified atom stereocenters. The summed E-state index contributed by atoms with van der Waals surface area (Å²) in [5.74, 6) is -4.58. The monoisotopic (exact) mass is 531 g/mol. The maximum atomic E-state index is 12.4. The van der Waals surface area contributed by atoms with Gasteiger partial charge in [0.25, 0.3) is 0 Å². The highest BCUT2D eigenvalue weighted by Gasteiger charge is 2.27. The van der Waals surface area contributed by atoms with Gasteiger partial charge in [0, 0.05) is 16.3 Å². The van der Waals surface area contributed by atoms with Gasteiger partial charge in [0.15, 0.2) is 0 Å². The zero-order chi connectivity index (χ0) is 28.6. The van der Waals surface area contributed by atoms with Gasteiger partial charge in [-0.05, 0) is 92.7 Å². The molecule has 8 heteroatoms. The molecule has 6 rings (SSSR count). The fourth-order valence-electron chi connectivity index (χ4n) is 6.16. The highest BCUT2D eigenvalue weighted by Crippen LogP contribution is 2.48. The molecule has 0 spiro atoms. The van der Waals surface area contributed by atoms with Gasteiger partial charge in [-0.25, -0.2) is 14.4 Å². The average Bonchev–Trinajstić information content (AvgIpc) is 2.90. The number of nitrogens with one attached hydrogen (secondary N) is 1. The third-order valence-corrected chi connectivity index (χ3v) is 7.70. The van der Waals surface area contributed by atoms with Crippen molar-refractivity contribution in [3.63, 3.8) is 0 Å². The Bertz CT molecular complexity index is 2100. The normalized spacial score (nSPS) is 11.6. The number of fused-ring (bicyclic) bond motifs is 2. The van der Waals surface area contributed by atoms with E-state index in [1.165, 1.54) is 18.2 Å². The van der Waals surface area contributed by atoms with Crippen molar-refractivity contribution in [2.45, 2.75) is 13.8 Å². The molecule has 0 amide bonds. The maximum absolute atomic E-state index is 12.4. The minimum Gasteiger partial charge on any atom is -0.493 e. The number of carboxylic acids is 3. The van der Waals surface area contributed by atoms with E-state index in [0.29, 0.717) is 37.9 Å². The molecule has 0 aromatic heterocycles. The lowest BCUT2D eigenvalue weighted by molar-refractivity contribution is 0.0685. The second-order valence-corrected chi connectivity index (χ2v) is 9.86. The van der Waals surface area contributed by atoms with E-state index in [0.717, 1.165) is 16.7 Å². The molecule has 0 saturated heterocycles. The number of aliphatic hydroxyl groups is 1. The van der Waals surface area contributed by atoms with Crippen LogP contribution in [0.15, 0.2) is 60.7 Å². The SMILES string of the molecule is Cc1cccc(C)c1-c1cc(C(=N)O)c2c(C(=O)O)ccc3c4ccc(C(=O)O)c5c(C(=O)O)ccc(c1c23)c54. The van der Waals surface area contributed by atoms with Gasteiger partial charge < -0.3 is 20.4 Å². The number of rotatable bonds is 5. The molecule has 0 heterocycles. The van der Waals surface area contributed by atoms with Gasteiger partial charge in [-0.2, -0.15) is 0 Å². The van der Waals surface area contributed by atoms with Crippen LogP contribution >= 0.6 is 0 Å². The van der Waals surface area contributed by atoms with E-state index in [2.05, 4.69) is 0 Å². The van der Waals surface area contributed by atoms with Gasteiger partial charge in [0.2, 0.25) is 5.90 Å². The molecule has 0 fully saturated rings. The standard InChI is InChI=1S/C32H21NO7/c1-13-4-3-5-14(2)23(13)21-12-22(29(33)34)27-20(32(39)40)10-7-16-15-6-9-18(30(35)36)26-19(31(37)38)11-8-17(24(15)26)25(21)28(16)27/h3-12H,1-2H3,(H2,33,34)(H,35,36)(H,37,38)(H,39,40). The van der Waals surface area contributed by atoms with E-state index in [1.54, 1.807) is 24.3 Å². The summed E-state index contributed by atoms with van der Waals surface area (Å²) in [5, 5.41) is 52.1. The largest absolute Gasteiger partial charge is 0.493 e. The lowest BCUT2D eigenvalue weighted by Crippen LogP contribution is -2.08. The van der Waals surface area contributed by atoms with Crippen LogP contribution in [-0.2, 0) is 0 Å². The van der Waals surface area contributed by atoms with Crippen LogP contribution in [0.4, 0.5) is 0 Å². The number of aromatic carboxylic acids is 3. The van der Waals surface area contributed by atoms with Crippen LogP contribution in [0.1, 0.15) is 47.8 Å². The number of aliphatic hydroxyl groups excluding tert-OH is 1. The Morgan fingerprint density at radius 2 is 1.00 bits per heavy atom. The molecule has 6 aromatic carbocycles. The van der Waals surface area contributed by atoms with Crippen molar-refractivity contribution in [3.8, 4) is 11.1 Å². The molecule has 40 heavy (non-hydrogen) atoms. The number of benzene rings is 6. The first-order valence-electron chi connectivity index (χ1n) is 12.3. The van der Waals surface area contributed by atoms with E-state index < -0.39 is 23.8 Å². The summed E-state index contributed by atoms with van der Waals surface area (Å²) in [4.78, 5) is 36.9. The molecular weight excluding hydrogens is 510 g/mol. The Balaban J connectivity index is 2.05. The molecule has 0 bridgehead atoms. The first-order valence-corrected chi connectivity index (χ1v) is 12.3. The number of carboxylic acid groups (broad SMARTS) is 3. The van der Waals surface area contributed by atoms with E-state index in [-0.39, 0.29) is 33.0 Å². The lowest BCUT2D eigenvalue weighted by atomic mass is 9.80. The third-order valence-electron chi connectivity index (χ3n) is 7.70. The average molecular weight is 532 g/mol. The van der Waals surface area contributed by atoms with Gasteiger partial charge in [0.1, 0.15) is 0 Å². The Morgan fingerprint density at radius 3 is 1.48 bits per heavy atom. The van der Waals surface area contributed by atoms with Crippen LogP contribution in [0.3, 0.4) is 0 Å². The molecule has 0 aliphatic rings. The van der Waals surface area contributed by atoms with Gasteiger partial charge in [0.05, 0.1) is 16.7 Å². The Labute approximate surface area is 226 Å². The minimum absolute atomic E-state index is 0.0414. The van der Waals surface area contributed by atoms with Crippen molar-refractivity contribution in [3.05, 3.63) is 94.0 Å². The summed E-state index contributed by atoms with van der Waals surface area (Å²) >= 11 is 0. The molecule has 0 atom stereocenters. The van der Waals surface area contributed by atoms with Crippen molar-refractivity contribution in [2.24, 2.45) is 0 Å². The van der Waals surface area contributed by atoms with Gasteiger partial charge in [-0.15, -0.1) is 0 Å². The summed E-state index contributed by atoms with van der Waals surface area (Å²) in [6, 6.07) is 16.2. The van der Waals surface area contributed by atoms with E-state index in [9.17, 15) is 34.8 Å². The summed E-state index contributed by atoms with van der Waals surface area (Å²) < 4.78 is 0. The molecular formula is C32H21NO7. The maximum Gasteiger partial charge on any atom is 0.336 e. The molecule has 196 valence electrons. The Morgan fingerprint density at radius 1 is 0.550 bits per heavy atom. The summed E-state index contributed by atoms with van der Waals surface area (Å²) in [6.07, 6.45) is 0. The van der Waals surface area contributed by atoms with Crippen molar-refractivity contribution < 1.29 is 34.8 Å². The van der Waals surface area contributed by atoms with Gasteiger partial charge in [-0.1, -0.05) is 36.4 Å². The Kier molecular flexibility index (Phi) is 5.28. The van der Waals surface area contributed by atoms with Crippen LogP contribution < -0.4 is 0 Å². The lowest BCUT2D eigenvalue weighted by Gasteiger charge is -2.22. The number of hydrogen-bond acceptors (Lipinski definition) is 4. The summed E-state index contributed by atoms with van der Waals surface area (Å²) in [6.45, 7) is 3.83. The zero-order valence-corrected chi connectivity index (χ0v) is 21.3. The number of hydrogen-bond donors (Lipinski definition) is 5. The van der Waals surface area contributed by atoms with Gasteiger partial charge in [-0.3, -0.25) is 5.41 Å². The van der Waals surface area contributed by atoms with Crippen LogP contribution in [-0.4, -0.2) is 44.2 Å². The molecule has 8 nitrogen and oxygen atoms in total. The summed E-state index contributed by atoms with van der Waals surface area (Å²) in [7, 11) is 0. The van der Waals surface area contributed by atoms with Gasteiger partial charge >= 0.3 is 17.9 Å². The smallest absolute Gasteiger partial charge is 0.336 e. The van der Waals surface area contributed by atoms with E-state index in [1.807, 2.05) is 32.0 Å². The molecule has 0 saturated carbocycles. The first-order chi connectivity index (χ1) is 19.0. The van der Waals surface area contributed by atoms with Crippen LogP contribution in [0.2, 0.25) is 0 Å². The second-order valence-electron chi connectivity index (χ2n) is 9.86. The van der Waals surface area contributed by atoms with Crippen molar-refractivity contribution >= 4 is 66.9 Å². The van der Waals surface area contributed by atoms with E-state index in [4.69, 9.17) is 5.41 Å². The fourth-order valence-corrected chi connectivity index (χ4v) is 6.16. The molecule has 0 aliphatic heterocycles. The van der Waals surface area contributed by atoms with Crippen molar-refractivity contribution in [1.82, 2.24) is 0 Å². The summed E-state index contributed by atoms with van der Waals surface area (Å²) in [5.41, 5.74) is 2.81. The zero-order valence-electron chi connectivity index (χ0n) is 21.3. The molecule has 0 radical (unpaired) electrons. The molecule has 6 aromatic rings.